The lowest BCUT2D eigenvalue weighted by Crippen LogP contribution is -2.57. The Bertz CT molecular complexity index is 417. The highest BCUT2D eigenvalue weighted by atomic mass is 16.6. The maximum absolute atomic E-state index is 10.7. The summed E-state index contributed by atoms with van der Waals surface area (Å²) in [4.78, 5) is 0. The van der Waals surface area contributed by atoms with Crippen molar-refractivity contribution in [2.24, 2.45) is 5.92 Å². The summed E-state index contributed by atoms with van der Waals surface area (Å²) in [6, 6.07) is 9.92. The van der Waals surface area contributed by atoms with E-state index in [9.17, 15) is 5.11 Å². The molecule has 1 saturated heterocycles. The van der Waals surface area contributed by atoms with E-state index in [2.05, 4.69) is 6.58 Å². The molecule has 0 amide bonds. The van der Waals surface area contributed by atoms with Crippen LogP contribution < -0.4 is 0 Å². The molecule has 2 rings (SSSR count). The summed E-state index contributed by atoms with van der Waals surface area (Å²) in [5, 5.41) is 10.7. The van der Waals surface area contributed by atoms with Crippen LogP contribution in [0.2, 0.25) is 0 Å². The van der Waals surface area contributed by atoms with E-state index in [1.165, 1.54) is 0 Å². The van der Waals surface area contributed by atoms with Gasteiger partial charge < -0.3 is 14.6 Å². The van der Waals surface area contributed by atoms with Gasteiger partial charge in [0.15, 0.2) is 0 Å². The Balaban J connectivity index is 2.04. The van der Waals surface area contributed by atoms with Gasteiger partial charge in [0.1, 0.15) is 11.7 Å². The van der Waals surface area contributed by atoms with Crippen LogP contribution in [0.5, 0.6) is 0 Å². The summed E-state index contributed by atoms with van der Waals surface area (Å²) in [6.45, 7) is 8.54. The Labute approximate surface area is 114 Å². The second kappa shape index (κ2) is 5.87. The third-order valence-electron chi connectivity index (χ3n) is 4.08. The molecule has 104 valence electrons. The molecule has 0 radical (unpaired) electrons. The first-order valence-electron chi connectivity index (χ1n) is 6.71. The molecule has 1 heterocycles. The molecule has 0 aliphatic carbocycles. The average Bonchev–Trinajstić information content (AvgIpc) is 2.45. The third kappa shape index (κ3) is 2.89. The van der Waals surface area contributed by atoms with Gasteiger partial charge in [-0.05, 0) is 12.5 Å². The second-order valence-electron chi connectivity index (χ2n) is 5.20. The fourth-order valence-corrected chi connectivity index (χ4v) is 2.46. The van der Waals surface area contributed by atoms with Crippen LogP contribution in [-0.2, 0) is 16.1 Å². The average molecular weight is 262 g/mol. The van der Waals surface area contributed by atoms with E-state index in [0.29, 0.717) is 13.2 Å². The van der Waals surface area contributed by atoms with Crippen LogP contribution in [0, 0.1) is 5.92 Å². The Morgan fingerprint density at radius 2 is 2.11 bits per heavy atom. The Hall–Kier alpha value is -1.16. The summed E-state index contributed by atoms with van der Waals surface area (Å²) < 4.78 is 11.5. The summed E-state index contributed by atoms with van der Waals surface area (Å²) in [5.41, 5.74) is 0.0482. The van der Waals surface area contributed by atoms with Crippen molar-refractivity contribution in [2.75, 3.05) is 6.61 Å². The van der Waals surface area contributed by atoms with Gasteiger partial charge in [-0.15, -0.1) is 6.58 Å². The monoisotopic (exact) mass is 262 g/mol. The number of hydrogen-bond acceptors (Lipinski definition) is 3. The molecule has 1 N–H and O–H groups in total. The number of rotatable bonds is 4. The molecule has 1 aromatic carbocycles. The molecule has 1 aliphatic rings. The number of ether oxygens (including phenoxy) is 2. The SMILES string of the molecule is C=C[C@]1(O)C(OCc2ccccc2)COC(C)[C@H]1C. The van der Waals surface area contributed by atoms with Gasteiger partial charge in [-0.3, -0.25) is 0 Å². The molecule has 1 aromatic rings. The van der Waals surface area contributed by atoms with E-state index < -0.39 is 5.60 Å². The number of benzene rings is 1. The smallest absolute Gasteiger partial charge is 0.116 e. The fraction of sp³-hybridized carbons (Fsp3) is 0.500. The molecule has 2 unspecified atom stereocenters. The zero-order valence-electron chi connectivity index (χ0n) is 11.6. The molecule has 0 spiro atoms. The maximum atomic E-state index is 10.7. The predicted octanol–water partition coefficient (Wildman–Crippen LogP) is 2.54. The molecule has 0 aromatic heterocycles. The van der Waals surface area contributed by atoms with Crippen molar-refractivity contribution >= 4 is 0 Å². The van der Waals surface area contributed by atoms with Crippen molar-refractivity contribution in [2.45, 2.75) is 38.3 Å². The number of aliphatic hydroxyl groups is 1. The van der Waals surface area contributed by atoms with E-state index >= 15 is 0 Å². The van der Waals surface area contributed by atoms with Gasteiger partial charge in [-0.25, -0.2) is 0 Å². The van der Waals surface area contributed by atoms with Gasteiger partial charge in [0.25, 0.3) is 0 Å². The first-order chi connectivity index (χ1) is 9.08. The summed E-state index contributed by atoms with van der Waals surface area (Å²) in [5.74, 6) is -0.0421. The van der Waals surface area contributed by atoms with Crippen LogP contribution >= 0.6 is 0 Å². The molecule has 1 fully saturated rings. The quantitative estimate of drug-likeness (QED) is 0.848. The topological polar surface area (TPSA) is 38.7 Å². The molecular formula is C16H22O3. The van der Waals surface area contributed by atoms with Crippen LogP contribution in [0.25, 0.3) is 0 Å². The molecule has 3 nitrogen and oxygen atoms in total. The Morgan fingerprint density at radius 1 is 1.42 bits per heavy atom. The van der Waals surface area contributed by atoms with Gasteiger partial charge in [0.2, 0.25) is 0 Å². The molecule has 0 bridgehead atoms. The van der Waals surface area contributed by atoms with Crippen molar-refractivity contribution in [3.8, 4) is 0 Å². The van der Waals surface area contributed by atoms with Crippen molar-refractivity contribution in [1.82, 2.24) is 0 Å². The highest BCUT2D eigenvalue weighted by molar-refractivity contribution is 5.14. The van der Waals surface area contributed by atoms with Crippen LogP contribution in [0.15, 0.2) is 43.0 Å². The lowest BCUT2D eigenvalue weighted by atomic mass is 9.79. The zero-order chi connectivity index (χ0) is 13.9. The van der Waals surface area contributed by atoms with Crippen LogP contribution in [0.4, 0.5) is 0 Å². The predicted molar refractivity (Wildman–Crippen MR) is 74.7 cm³/mol. The standard InChI is InChI=1S/C16H22O3/c1-4-16(17)12(2)13(3)18-11-15(16)19-10-14-8-6-5-7-9-14/h4-9,12-13,15,17H,1,10-11H2,2-3H3/t12-,13?,15?,16-/m1/s1. The summed E-state index contributed by atoms with van der Waals surface area (Å²) in [7, 11) is 0. The molecule has 3 heteroatoms. The normalized spacial score (nSPS) is 35.0. The zero-order valence-corrected chi connectivity index (χ0v) is 11.6. The van der Waals surface area contributed by atoms with Gasteiger partial charge in [-0.1, -0.05) is 43.3 Å². The first-order valence-corrected chi connectivity index (χ1v) is 6.71. The van der Waals surface area contributed by atoms with E-state index in [-0.39, 0.29) is 18.1 Å². The molecule has 0 saturated carbocycles. The van der Waals surface area contributed by atoms with Crippen LogP contribution in [0.3, 0.4) is 0 Å². The van der Waals surface area contributed by atoms with Crippen molar-refractivity contribution in [1.29, 1.82) is 0 Å². The van der Waals surface area contributed by atoms with Gasteiger partial charge >= 0.3 is 0 Å². The highest BCUT2D eigenvalue weighted by Crippen LogP contribution is 2.34. The first kappa shape index (κ1) is 14.3. The molecule has 19 heavy (non-hydrogen) atoms. The third-order valence-corrected chi connectivity index (χ3v) is 4.08. The lowest BCUT2D eigenvalue weighted by molar-refractivity contribution is -0.206. The lowest BCUT2D eigenvalue weighted by Gasteiger charge is -2.45. The molecule has 4 atom stereocenters. The maximum Gasteiger partial charge on any atom is 0.116 e. The Morgan fingerprint density at radius 3 is 2.74 bits per heavy atom. The fourth-order valence-electron chi connectivity index (χ4n) is 2.46. The number of hydrogen-bond donors (Lipinski definition) is 1. The highest BCUT2D eigenvalue weighted by Gasteiger charge is 2.46. The largest absolute Gasteiger partial charge is 0.383 e. The second-order valence-corrected chi connectivity index (χ2v) is 5.20. The minimum absolute atomic E-state index is 0.000393. The summed E-state index contributed by atoms with van der Waals surface area (Å²) >= 11 is 0. The van der Waals surface area contributed by atoms with E-state index in [0.717, 1.165) is 5.56 Å². The van der Waals surface area contributed by atoms with E-state index in [1.54, 1.807) is 6.08 Å². The van der Waals surface area contributed by atoms with Crippen molar-refractivity contribution in [3.05, 3.63) is 48.6 Å². The molecule has 1 aliphatic heterocycles. The summed E-state index contributed by atoms with van der Waals surface area (Å²) in [6.07, 6.45) is 1.21. The minimum atomic E-state index is -1.04. The van der Waals surface area contributed by atoms with E-state index in [4.69, 9.17) is 9.47 Å². The minimum Gasteiger partial charge on any atom is -0.383 e. The van der Waals surface area contributed by atoms with E-state index in [1.807, 2.05) is 44.2 Å². The van der Waals surface area contributed by atoms with Gasteiger partial charge in [0.05, 0.1) is 19.3 Å². The molecular weight excluding hydrogens is 240 g/mol. The van der Waals surface area contributed by atoms with Crippen molar-refractivity contribution in [3.63, 3.8) is 0 Å². The van der Waals surface area contributed by atoms with Gasteiger partial charge in [0, 0.05) is 5.92 Å². The Kier molecular flexibility index (Phi) is 4.40. The van der Waals surface area contributed by atoms with Crippen molar-refractivity contribution < 1.29 is 14.6 Å². The van der Waals surface area contributed by atoms with Crippen LogP contribution in [0.1, 0.15) is 19.4 Å². The van der Waals surface area contributed by atoms with Crippen LogP contribution in [-0.4, -0.2) is 29.5 Å². The van der Waals surface area contributed by atoms with Gasteiger partial charge in [-0.2, -0.15) is 0 Å².